The van der Waals surface area contributed by atoms with E-state index < -0.39 is 11.8 Å². The molecule has 5 heteroatoms. The molecular formula is C16H20N2O3. The van der Waals surface area contributed by atoms with Crippen LogP contribution in [0.15, 0.2) is 36.4 Å². The molecule has 1 fully saturated rings. The van der Waals surface area contributed by atoms with Gasteiger partial charge in [-0.15, -0.1) is 0 Å². The second-order valence-electron chi connectivity index (χ2n) is 5.38. The number of hydrogen-bond donors (Lipinski definition) is 2. The molecule has 1 aromatic rings. The summed E-state index contributed by atoms with van der Waals surface area (Å²) >= 11 is 0. The lowest BCUT2D eigenvalue weighted by atomic mass is 10.3. The van der Waals surface area contributed by atoms with Gasteiger partial charge in [0.05, 0.1) is 0 Å². The van der Waals surface area contributed by atoms with Crippen molar-refractivity contribution in [2.45, 2.75) is 19.8 Å². The molecule has 1 aliphatic carbocycles. The number of hydrogen-bond acceptors (Lipinski definition) is 3. The van der Waals surface area contributed by atoms with Gasteiger partial charge in [0.2, 0.25) is 0 Å². The average Bonchev–Trinajstić information content (AvgIpc) is 3.27. The summed E-state index contributed by atoms with van der Waals surface area (Å²) in [6, 6.07) is 6.92. The van der Waals surface area contributed by atoms with Crippen molar-refractivity contribution in [3.05, 3.63) is 36.4 Å². The van der Waals surface area contributed by atoms with E-state index in [1.54, 1.807) is 24.3 Å². The average molecular weight is 288 g/mol. The summed E-state index contributed by atoms with van der Waals surface area (Å²) in [6.45, 7) is 6.62. The van der Waals surface area contributed by atoms with Crippen LogP contribution < -0.4 is 15.4 Å². The van der Waals surface area contributed by atoms with Gasteiger partial charge in [0.15, 0.2) is 0 Å². The fraction of sp³-hybridized carbons (Fsp3) is 0.375. The van der Waals surface area contributed by atoms with Gasteiger partial charge in [0, 0.05) is 18.3 Å². The van der Waals surface area contributed by atoms with Crippen molar-refractivity contribution in [3.8, 4) is 5.75 Å². The molecule has 0 saturated heterocycles. The van der Waals surface area contributed by atoms with Crippen LogP contribution >= 0.6 is 0 Å². The maximum atomic E-state index is 11.7. The van der Waals surface area contributed by atoms with Crippen molar-refractivity contribution < 1.29 is 14.3 Å². The lowest BCUT2D eigenvalue weighted by Crippen LogP contribution is -2.36. The molecule has 2 N–H and O–H groups in total. The van der Waals surface area contributed by atoms with Crippen LogP contribution in [0.25, 0.3) is 0 Å². The van der Waals surface area contributed by atoms with Crippen molar-refractivity contribution >= 4 is 17.5 Å². The normalized spacial score (nSPS) is 13.4. The van der Waals surface area contributed by atoms with Gasteiger partial charge < -0.3 is 15.4 Å². The summed E-state index contributed by atoms with van der Waals surface area (Å²) in [5, 5.41) is 5.19. The van der Waals surface area contributed by atoms with Gasteiger partial charge >= 0.3 is 11.8 Å². The number of rotatable bonds is 6. The summed E-state index contributed by atoms with van der Waals surface area (Å²) in [7, 11) is 0. The van der Waals surface area contributed by atoms with Crippen molar-refractivity contribution in [2.24, 2.45) is 5.92 Å². The molecule has 2 rings (SSSR count). The smallest absolute Gasteiger partial charge is 0.313 e. The van der Waals surface area contributed by atoms with E-state index >= 15 is 0 Å². The van der Waals surface area contributed by atoms with Gasteiger partial charge in [-0.3, -0.25) is 9.59 Å². The number of carbonyl (C=O) groups is 2. The molecule has 21 heavy (non-hydrogen) atoms. The summed E-state index contributed by atoms with van der Waals surface area (Å²) in [5.41, 5.74) is 1.43. The quantitative estimate of drug-likeness (QED) is 0.622. The molecule has 0 aromatic heterocycles. The van der Waals surface area contributed by atoms with Crippen LogP contribution in [0.2, 0.25) is 0 Å². The lowest BCUT2D eigenvalue weighted by Gasteiger charge is -2.09. The third kappa shape index (κ3) is 5.30. The molecule has 0 atom stereocenters. The minimum atomic E-state index is -0.660. The molecule has 5 nitrogen and oxygen atoms in total. The highest BCUT2D eigenvalue weighted by Gasteiger charge is 2.23. The predicted molar refractivity (Wildman–Crippen MR) is 81.1 cm³/mol. The van der Waals surface area contributed by atoms with E-state index in [0.29, 0.717) is 30.5 Å². The fourth-order valence-corrected chi connectivity index (χ4v) is 1.70. The number of benzene rings is 1. The third-order valence-electron chi connectivity index (χ3n) is 3.03. The standard InChI is InChI=1S/C16H20N2O3/c1-11(2)10-21-14-5-3-4-13(8-14)18-16(20)15(19)17-9-12-6-7-12/h3-5,8,12H,1,6-7,9-10H2,2H3,(H,17,19)(H,18,20). The Kier molecular flexibility index (Phi) is 4.98. The summed E-state index contributed by atoms with van der Waals surface area (Å²) in [4.78, 5) is 23.4. The van der Waals surface area contributed by atoms with Gasteiger partial charge in [-0.25, -0.2) is 0 Å². The van der Waals surface area contributed by atoms with Gasteiger partial charge in [-0.05, 0) is 43.4 Å². The molecule has 0 heterocycles. The Hall–Kier alpha value is -2.30. The van der Waals surface area contributed by atoms with Gasteiger partial charge in [0.25, 0.3) is 0 Å². The lowest BCUT2D eigenvalue weighted by molar-refractivity contribution is -0.136. The summed E-state index contributed by atoms with van der Waals surface area (Å²) < 4.78 is 5.49. The molecule has 2 amide bonds. The summed E-state index contributed by atoms with van der Waals surface area (Å²) in [6.07, 6.45) is 2.26. The van der Waals surface area contributed by atoms with Crippen LogP contribution in [-0.4, -0.2) is 25.0 Å². The predicted octanol–water partition coefficient (Wildman–Crippen LogP) is 2.11. The molecule has 0 aliphatic heterocycles. The molecule has 1 aliphatic rings. The number of amides is 2. The van der Waals surface area contributed by atoms with Gasteiger partial charge in [-0.2, -0.15) is 0 Å². The zero-order valence-corrected chi connectivity index (χ0v) is 12.1. The Labute approximate surface area is 124 Å². The molecule has 112 valence electrons. The maximum Gasteiger partial charge on any atom is 0.313 e. The maximum absolute atomic E-state index is 11.7. The van der Waals surface area contributed by atoms with Crippen LogP contribution in [0, 0.1) is 5.92 Å². The van der Waals surface area contributed by atoms with Crippen molar-refractivity contribution in [1.82, 2.24) is 5.32 Å². The first-order chi connectivity index (χ1) is 10.0. The minimum Gasteiger partial charge on any atom is -0.489 e. The highest BCUT2D eigenvalue weighted by molar-refractivity contribution is 6.39. The third-order valence-corrected chi connectivity index (χ3v) is 3.03. The zero-order valence-electron chi connectivity index (χ0n) is 12.1. The molecule has 0 spiro atoms. The highest BCUT2D eigenvalue weighted by Crippen LogP contribution is 2.27. The van der Waals surface area contributed by atoms with E-state index in [1.165, 1.54) is 0 Å². The number of anilines is 1. The van der Waals surface area contributed by atoms with Crippen LogP contribution in [0.5, 0.6) is 5.75 Å². The Balaban J connectivity index is 1.85. The zero-order chi connectivity index (χ0) is 15.2. The number of nitrogens with one attached hydrogen (secondary N) is 2. The Morgan fingerprint density at radius 3 is 2.76 bits per heavy atom. The van der Waals surface area contributed by atoms with Crippen molar-refractivity contribution in [2.75, 3.05) is 18.5 Å². The first-order valence-electron chi connectivity index (χ1n) is 7.01. The van der Waals surface area contributed by atoms with Crippen molar-refractivity contribution in [1.29, 1.82) is 0 Å². The topological polar surface area (TPSA) is 67.4 Å². The Bertz CT molecular complexity index is 550. The molecule has 0 unspecified atom stereocenters. The molecule has 1 saturated carbocycles. The molecule has 0 radical (unpaired) electrons. The first-order valence-corrected chi connectivity index (χ1v) is 7.01. The summed E-state index contributed by atoms with van der Waals surface area (Å²) in [5.74, 6) is -0.0994. The highest BCUT2D eigenvalue weighted by atomic mass is 16.5. The molecular weight excluding hydrogens is 268 g/mol. The van der Waals surface area contributed by atoms with Gasteiger partial charge in [0.1, 0.15) is 12.4 Å². The monoisotopic (exact) mass is 288 g/mol. The van der Waals surface area contributed by atoms with E-state index in [1.807, 2.05) is 6.92 Å². The first kappa shape index (κ1) is 15.1. The van der Waals surface area contributed by atoms with E-state index in [9.17, 15) is 9.59 Å². The Morgan fingerprint density at radius 1 is 1.33 bits per heavy atom. The SMILES string of the molecule is C=C(C)COc1cccc(NC(=O)C(=O)NCC2CC2)c1. The minimum absolute atomic E-state index is 0.416. The number of ether oxygens (including phenoxy) is 1. The van der Waals surface area contributed by atoms with Crippen LogP contribution in [0.3, 0.4) is 0 Å². The molecule has 0 bridgehead atoms. The van der Waals surface area contributed by atoms with E-state index in [-0.39, 0.29) is 0 Å². The van der Waals surface area contributed by atoms with Crippen LogP contribution in [-0.2, 0) is 9.59 Å². The van der Waals surface area contributed by atoms with E-state index in [2.05, 4.69) is 17.2 Å². The van der Waals surface area contributed by atoms with E-state index in [4.69, 9.17) is 4.74 Å². The van der Waals surface area contributed by atoms with Crippen LogP contribution in [0.1, 0.15) is 19.8 Å². The largest absolute Gasteiger partial charge is 0.489 e. The molecule has 1 aromatic carbocycles. The second-order valence-corrected chi connectivity index (χ2v) is 5.38. The second kappa shape index (κ2) is 6.92. The van der Waals surface area contributed by atoms with Crippen LogP contribution in [0.4, 0.5) is 5.69 Å². The number of carbonyl (C=O) groups excluding carboxylic acids is 2. The van der Waals surface area contributed by atoms with Crippen molar-refractivity contribution in [3.63, 3.8) is 0 Å². The Morgan fingerprint density at radius 2 is 2.10 bits per heavy atom. The van der Waals surface area contributed by atoms with Gasteiger partial charge in [-0.1, -0.05) is 12.6 Å². The van der Waals surface area contributed by atoms with E-state index in [0.717, 1.165) is 18.4 Å². The fourth-order valence-electron chi connectivity index (χ4n) is 1.70.